The molecule has 0 fully saturated rings. The van der Waals surface area contributed by atoms with E-state index in [0.717, 1.165) is 51.4 Å². The fourth-order valence-electron chi connectivity index (χ4n) is 10.9. The monoisotopic (exact) mass is 1040 g/mol. The summed E-state index contributed by atoms with van der Waals surface area (Å²) in [5, 5.41) is 23.4. The molecule has 0 saturated carbocycles. The maximum Gasteiger partial charge on any atom is 0.305 e. The van der Waals surface area contributed by atoms with Gasteiger partial charge in [0.1, 0.15) is 0 Å². The average Bonchev–Trinajstić information content (AvgIpc) is 3.40. The van der Waals surface area contributed by atoms with Crippen molar-refractivity contribution in [3.8, 4) is 0 Å². The average molecular weight is 1040 g/mol. The molecule has 0 aliphatic carbocycles. The summed E-state index contributed by atoms with van der Waals surface area (Å²) in [6.45, 7) is 4.98. The highest BCUT2D eigenvalue weighted by molar-refractivity contribution is 5.76. The molecule has 0 aliphatic rings. The van der Waals surface area contributed by atoms with E-state index in [-0.39, 0.29) is 18.5 Å². The van der Waals surface area contributed by atoms with Gasteiger partial charge in [0.15, 0.2) is 0 Å². The normalized spacial score (nSPS) is 12.5. The van der Waals surface area contributed by atoms with Crippen LogP contribution in [0.15, 0.2) is 12.2 Å². The van der Waals surface area contributed by atoms with Crippen LogP contribution in [0.1, 0.15) is 386 Å². The molecular formula is C68H133NO5. The Morgan fingerprint density at radius 2 is 0.635 bits per heavy atom. The van der Waals surface area contributed by atoms with Crippen molar-refractivity contribution >= 4 is 11.9 Å². The minimum absolute atomic E-state index is 0.00774. The zero-order valence-electron chi connectivity index (χ0n) is 50.4. The molecule has 440 valence electrons. The van der Waals surface area contributed by atoms with Gasteiger partial charge >= 0.3 is 5.97 Å². The lowest BCUT2D eigenvalue weighted by Crippen LogP contribution is -2.45. The Balaban J connectivity index is 3.42. The zero-order chi connectivity index (χ0) is 53.6. The molecule has 0 heterocycles. The lowest BCUT2D eigenvalue weighted by Gasteiger charge is -2.22. The molecule has 0 aliphatic heterocycles. The molecule has 1 amide bonds. The van der Waals surface area contributed by atoms with Gasteiger partial charge in [0.05, 0.1) is 25.4 Å². The Morgan fingerprint density at radius 3 is 0.959 bits per heavy atom. The lowest BCUT2D eigenvalue weighted by molar-refractivity contribution is -0.143. The van der Waals surface area contributed by atoms with Crippen molar-refractivity contribution in [1.82, 2.24) is 5.32 Å². The summed E-state index contributed by atoms with van der Waals surface area (Å²) in [7, 11) is 0. The van der Waals surface area contributed by atoms with Crippen LogP contribution in [0, 0.1) is 0 Å². The van der Waals surface area contributed by atoms with E-state index in [1.807, 2.05) is 0 Å². The van der Waals surface area contributed by atoms with Crippen LogP contribution in [0.4, 0.5) is 0 Å². The molecule has 0 spiro atoms. The second kappa shape index (κ2) is 64.1. The molecule has 6 nitrogen and oxygen atoms in total. The fourth-order valence-corrected chi connectivity index (χ4v) is 10.9. The van der Waals surface area contributed by atoms with Crippen molar-refractivity contribution in [3.63, 3.8) is 0 Å². The van der Waals surface area contributed by atoms with Gasteiger partial charge in [0.25, 0.3) is 0 Å². The molecule has 3 N–H and O–H groups in total. The van der Waals surface area contributed by atoms with Gasteiger partial charge in [-0.15, -0.1) is 0 Å². The summed E-state index contributed by atoms with van der Waals surface area (Å²) >= 11 is 0. The van der Waals surface area contributed by atoms with E-state index in [1.54, 1.807) is 0 Å². The maximum atomic E-state index is 12.5. The van der Waals surface area contributed by atoms with Gasteiger partial charge in [0, 0.05) is 12.8 Å². The number of aliphatic hydroxyl groups excluding tert-OH is 2. The van der Waals surface area contributed by atoms with E-state index in [4.69, 9.17) is 4.74 Å². The van der Waals surface area contributed by atoms with Gasteiger partial charge in [-0.05, 0) is 51.4 Å². The van der Waals surface area contributed by atoms with Gasteiger partial charge in [-0.2, -0.15) is 0 Å². The summed E-state index contributed by atoms with van der Waals surface area (Å²) in [5.41, 5.74) is 0. The zero-order valence-corrected chi connectivity index (χ0v) is 50.4. The molecule has 0 rings (SSSR count). The van der Waals surface area contributed by atoms with E-state index < -0.39 is 12.1 Å². The molecule has 0 saturated heterocycles. The molecule has 0 radical (unpaired) electrons. The highest BCUT2D eigenvalue weighted by atomic mass is 16.5. The molecule has 0 aromatic heterocycles. The number of carbonyl (C=O) groups is 2. The number of aliphatic hydroxyl groups is 2. The Morgan fingerprint density at radius 1 is 0.365 bits per heavy atom. The van der Waals surface area contributed by atoms with Gasteiger partial charge in [-0.1, -0.05) is 334 Å². The summed E-state index contributed by atoms with van der Waals surface area (Å²) in [4.78, 5) is 24.6. The largest absolute Gasteiger partial charge is 0.466 e. The van der Waals surface area contributed by atoms with Crippen molar-refractivity contribution in [2.45, 2.75) is 398 Å². The first kappa shape index (κ1) is 72.6. The van der Waals surface area contributed by atoms with Gasteiger partial charge in [-0.25, -0.2) is 0 Å². The molecule has 0 bridgehead atoms. The third kappa shape index (κ3) is 59.8. The fraction of sp³-hybridized carbons (Fsp3) is 0.941. The Bertz CT molecular complexity index is 1110. The Kier molecular flexibility index (Phi) is 62.9. The van der Waals surface area contributed by atoms with Crippen molar-refractivity contribution < 1.29 is 24.5 Å². The SMILES string of the molecule is CCCCCCCCCCCCCCCCCCCCCCCCCC(O)C(CO)NC(=O)CCCCCCC/C=C\CCCCCCCCCCCOC(=O)CCCCCCCCCCCCCCCCCC. The van der Waals surface area contributed by atoms with Crippen LogP contribution in [0.25, 0.3) is 0 Å². The second-order valence-electron chi connectivity index (χ2n) is 23.5. The first-order chi connectivity index (χ1) is 36.5. The third-order valence-corrected chi connectivity index (χ3v) is 16.1. The van der Waals surface area contributed by atoms with Crippen LogP contribution >= 0.6 is 0 Å². The van der Waals surface area contributed by atoms with Crippen LogP contribution in [-0.4, -0.2) is 47.4 Å². The Hall–Kier alpha value is -1.40. The second-order valence-corrected chi connectivity index (χ2v) is 23.5. The number of rotatable bonds is 64. The first-order valence-electron chi connectivity index (χ1n) is 33.9. The number of esters is 1. The number of carbonyl (C=O) groups excluding carboxylic acids is 2. The highest BCUT2D eigenvalue weighted by Crippen LogP contribution is 2.19. The molecule has 0 aromatic rings. The molecule has 74 heavy (non-hydrogen) atoms. The summed E-state index contributed by atoms with van der Waals surface area (Å²) in [6.07, 6.45) is 78.1. The van der Waals surface area contributed by atoms with E-state index in [0.29, 0.717) is 25.9 Å². The summed E-state index contributed by atoms with van der Waals surface area (Å²) in [5.74, 6) is -0.0367. The Labute approximate surface area is 463 Å². The van der Waals surface area contributed by atoms with E-state index in [2.05, 4.69) is 31.3 Å². The molecular weight excluding hydrogens is 911 g/mol. The number of hydrogen-bond donors (Lipinski definition) is 3. The number of unbranched alkanes of at least 4 members (excludes halogenated alkanes) is 51. The predicted molar refractivity (Wildman–Crippen MR) is 324 cm³/mol. The molecule has 6 heteroatoms. The van der Waals surface area contributed by atoms with E-state index >= 15 is 0 Å². The molecule has 2 unspecified atom stereocenters. The maximum absolute atomic E-state index is 12.5. The van der Waals surface area contributed by atoms with Crippen LogP contribution in [-0.2, 0) is 14.3 Å². The van der Waals surface area contributed by atoms with Crippen molar-refractivity contribution in [1.29, 1.82) is 0 Å². The standard InChI is InChI=1S/C68H133NO5/c1-3-5-7-9-11-13-15-17-19-21-22-23-24-25-26-29-32-36-40-44-48-52-56-60-66(71)65(64-70)69-67(72)61-57-53-49-45-41-37-33-30-27-28-31-35-39-43-47-51-55-59-63-74-68(73)62-58-54-50-46-42-38-34-20-18-16-14-12-10-8-6-4-2/h30,33,65-66,70-71H,3-29,31-32,34-64H2,1-2H3,(H,69,72)/b33-30-. The quantitative estimate of drug-likeness (QED) is 0.0320. The van der Waals surface area contributed by atoms with E-state index in [9.17, 15) is 19.8 Å². The highest BCUT2D eigenvalue weighted by Gasteiger charge is 2.20. The number of ether oxygens (including phenoxy) is 1. The molecule has 2 atom stereocenters. The van der Waals surface area contributed by atoms with Crippen molar-refractivity contribution in [2.24, 2.45) is 0 Å². The number of allylic oxidation sites excluding steroid dienone is 2. The molecule has 0 aromatic carbocycles. The van der Waals surface area contributed by atoms with Crippen molar-refractivity contribution in [2.75, 3.05) is 13.2 Å². The topological polar surface area (TPSA) is 95.9 Å². The minimum atomic E-state index is -0.674. The summed E-state index contributed by atoms with van der Waals surface area (Å²) in [6, 6.07) is -0.552. The van der Waals surface area contributed by atoms with Gasteiger partial charge in [0.2, 0.25) is 5.91 Å². The minimum Gasteiger partial charge on any atom is -0.466 e. The first-order valence-corrected chi connectivity index (χ1v) is 33.9. The lowest BCUT2D eigenvalue weighted by atomic mass is 10.0. The van der Waals surface area contributed by atoms with Crippen LogP contribution < -0.4 is 5.32 Å². The van der Waals surface area contributed by atoms with Crippen molar-refractivity contribution in [3.05, 3.63) is 12.2 Å². The summed E-state index contributed by atoms with van der Waals surface area (Å²) < 4.78 is 5.49. The van der Waals surface area contributed by atoms with Crippen LogP contribution in [0.5, 0.6) is 0 Å². The third-order valence-electron chi connectivity index (χ3n) is 16.1. The number of amides is 1. The van der Waals surface area contributed by atoms with Gasteiger partial charge < -0.3 is 20.3 Å². The van der Waals surface area contributed by atoms with Crippen LogP contribution in [0.3, 0.4) is 0 Å². The number of hydrogen-bond acceptors (Lipinski definition) is 5. The van der Waals surface area contributed by atoms with E-state index in [1.165, 1.54) is 302 Å². The van der Waals surface area contributed by atoms with Gasteiger partial charge in [-0.3, -0.25) is 9.59 Å². The smallest absolute Gasteiger partial charge is 0.305 e. The number of nitrogens with one attached hydrogen (secondary N) is 1. The predicted octanol–water partition coefficient (Wildman–Crippen LogP) is 21.6. The van der Waals surface area contributed by atoms with Crippen LogP contribution in [0.2, 0.25) is 0 Å².